The lowest BCUT2D eigenvalue weighted by Gasteiger charge is -2.24. The minimum Gasteiger partial charge on any atom is -0.481 e. The highest BCUT2D eigenvalue weighted by molar-refractivity contribution is 7.54. The highest BCUT2D eigenvalue weighted by atomic mass is 31.2. The van der Waals surface area contributed by atoms with Crippen molar-refractivity contribution in [2.24, 2.45) is 28.1 Å². The normalized spacial score (nSPS) is 12.7. The van der Waals surface area contributed by atoms with Gasteiger partial charge in [0.05, 0.1) is 58.7 Å². The summed E-state index contributed by atoms with van der Waals surface area (Å²) in [5.74, 6) is -9.43. The number of carbonyl (C=O) groups excluding carboxylic acids is 8. The number of rotatable bonds is 31. The second kappa shape index (κ2) is 34.9. The van der Waals surface area contributed by atoms with Crippen LogP contribution in [-0.4, -0.2) is 142 Å². The van der Waals surface area contributed by atoms with Crippen LogP contribution in [0.25, 0.3) is 0 Å². The summed E-state index contributed by atoms with van der Waals surface area (Å²) in [5.41, 5.74) is -2.65. The molecule has 0 saturated carbocycles. The molecule has 2 atom stereocenters. The van der Waals surface area contributed by atoms with Crippen molar-refractivity contribution in [1.82, 2.24) is 0 Å². The molecule has 31 heteroatoms. The first-order valence-corrected chi connectivity index (χ1v) is 26.7. The molecule has 2 unspecified atom stereocenters. The Balaban J connectivity index is 0. The van der Waals surface area contributed by atoms with Gasteiger partial charge in [-0.1, -0.05) is 0 Å². The minimum absolute atomic E-state index is 0.332. The van der Waals surface area contributed by atoms with E-state index in [-0.39, 0.29) is 6.42 Å². The summed E-state index contributed by atoms with van der Waals surface area (Å²) in [4.78, 5) is 118. The van der Waals surface area contributed by atoms with Gasteiger partial charge in [-0.2, -0.15) is 0 Å². The lowest BCUT2D eigenvalue weighted by molar-refractivity contribution is -0.176. The number of carbonyl (C=O) groups is 10. The van der Waals surface area contributed by atoms with Gasteiger partial charge in [-0.15, -0.1) is 0 Å². The van der Waals surface area contributed by atoms with Crippen molar-refractivity contribution in [3.05, 3.63) is 0 Å². The zero-order valence-corrected chi connectivity index (χ0v) is 47.5. The van der Waals surface area contributed by atoms with Crippen molar-refractivity contribution in [1.29, 1.82) is 0 Å². The van der Waals surface area contributed by atoms with E-state index in [0.29, 0.717) is 0 Å². The number of carboxylic acids is 2. The van der Waals surface area contributed by atoms with E-state index in [1.54, 1.807) is 104 Å². The Morgan fingerprint density at radius 1 is 0.382 bits per heavy atom. The number of aliphatic carboxylic acids is 2. The second-order valence-corrected chi connectivity index (χ2v) is 23.9. The van der Waals surface area contributed by atoms with E-state index in [9.17, 15) is 57.1 Å². The fourth-order valence-corrected chi connectivity index (χ4v) is 7.63. The van der Waals surface area contributed by atoms with E-state index < -0.39 is 194 Å². The fraction of sp³-hybridized carbons (Fsp3) is 0.778. The minimum atomic E-state index is -4.43. The Bertz CT molecular complexity index is 1930. The molecule has 0 saturated heterocycles. The van der Waals surface area contributed by atoms with E-state index in [1.165, 1.54) is 0 Å². The highest BCUT2D eigenvalue weighted by Crippen LogP contribution is 2.52. The van der Waals surface area contributed by atoms with Crippen molar-refractivity contribution in [2.45, 2.75) is 148 Å². The molecule has 0 aromatic carbocycles. The molecule has 0 aromatic rings. The summed E-state index contributed by atoms with van der Waals surface area (Å²) in [6.07, 6.45) is -8.26. The smallest absolute Gasteiger partial charge is 0.481 e. The van der Waals surface area contributed by atoms with Gasteiger partial charge in [0, 0.05) is 12.8 Å². The standard InChI is InChI=1S/C24H41O13P.C21H35O16P/c1-22(2,3)19(28)33-13-32-18(27)16(10-11-17(25)26)12-38(31,36-14-34-20(29)23(4,5)6)37-15-35-21(30)24(7,8)9;1-13(2)35-19(25)30-10-29-18(24)16(7-8-17(22)23)9-38(28,33-11-31-20(26)36-14(3)4)34-12-32-21(27)37-15(5)6/h16H,10-15H2,1-9H3,(H,25,26);13-16H,7-12H2,1-6H3,(H,22,23). The second-order valence-electron chi connectivity index (χ2n) is 19.7. The fourth-order valence-electron chi connectivity index (χ4n) is 4.46. The van der Waals surface area contributed by atoms with E-state index >= 15 is 0 Å². The van der Waals surface area contributed by atoms with Crippen LogP contribution in [0.15, 0.2) is 0 Å². The third-order valence-electron chi connectivity index (χ3n) is 8.30. The van der Waals surface area contributed by atoms with Gasteiger partial charge in [-0.3, -0.25) is 60.8 Å². The lowest BCUT2D eigenvalue weighted by atomic mass is 9.97. The van der Waals surface area contributed by atoms with Crippen LogP contribution in [0.3, 0.4) is 0 Å². The maximum Gasteiger partial charge on any atom is 0.511 e. The van der Waals surface area contributed by atoms with Crippen molar-refractivity contribution in [3.63, 3.8) is 0 Å². The molecule has 0 aromatic heterocycles. The molecule has 0 amide bonds. The predicted octanol–water partition coefficient (Wildman–Crippen LogP) is 7.67. The Labute approximate surface area is 441 Å². The van der Waals surface area contributed by atoms with Crippen LogP contribution in [0, 0.1) is 28.1 Å². The maximum atomic E-state index is 13.5. The Morgan fingerprint density at radius 3 is 0.868 bits per heavy atom. The molecule has 76 heavy (non-hydrogen) atoms. The van der Waals surface area contributed by atoms with Gasteiger partial charge in [0.1, 0.15) is 0 Å². The zero-order chi connectivity index (χ0) is 59.3. The molecule has 0 fully saturated rings. The van der Waals surface area contributed by atoms with Gasteiger partial charge in [0.25, 0.3) is 0 Å². The number of hydrogen-bond donors (Lipinski definition) is 2. The molecule has 29 nitrogen and oxygen atoms in total. The van der Waals surface area contributed by atoms with E-state index in [0.717, 1.165) is 0 Å². The molecule has 2 N–H and O–H groups in total. The third-order valence-corrected chi connectivity index (χ3v) is 12.1. The van der Waals surface area contributed by atoms with Gasteiger partial charge >= 0.3 is 75.4 Å². The van der Waals surface area contributed by atoms with Crippen molar-refractivity contribution in [3.8, 4) is 0 Å². The number of carboxylic acid groups (broad SMARTS) is 2. The summed E-state index contributed by atoms with van der Waals surface area (Å²) in [6.45, 7) is 18.4. The molecule has 0 aliphatic carbocycles. The van der Waals surface area contributed by atoms with Gasteiger partial charge in [-0.25, -0.2) is 14.4 Å². The summed E-state index contributed by atoms with van der Waals surface area (Å²) in [7, 11) is -8.77. The average Bonchev–Trinajstić information content (AvgIpc) is 3.24. The van der Waals surface area contributed by atoms with Crippen LogP contribution in [-0.2, 0) is 113 Å². The quantitative estimate of drug-likeness (QED) is 0.0291. The van der Waals surface area contributed by atoms with Crippen LogP contribution < -0.4 is 0 Å². The van der Waals surface area contributed by atoms with Crippen LogP contribution in [0.2, 0.25) is 0 Å². The summed E-state index contributed by atoms with van der Waals surface area (Å²) < 4.78 is 99.9. The van der Waals surface area contributed by atoms with Crippen LogP contribution in [0.1, 0.15) is 130 Å². The predicted molar refractivity (Wildman–Crippen MR) is 256 cm³/mol. The Morgan fingerprint density at radius 2 is 0.618 bits per heavy atom. The molecule has 0 bridgehead atoms. The van der Waals surface area contributed by atoms with Gasteiger partial charge in [0.15, 0.2) is 0 Å². The molecule has 0 aliphatic heterocycles. The van der Waals surface area contributed by atoms with Crippen LogP contribution in [0.4, 0.5) is 14.4 Å². The largest absolute Gasteiger partial charge is 0.511 e. The van der Waals surface area contributed by atoms with Crippen molar-refractivity contribution in [2.75, 3.05) is 53.1 Å². The van der Waals surface area contributed by atoms with E-state index in [1.807, 2.05) is 0 Å². The van der Waals surface area contributed by atoms with Gasteiger partial charge in [-0.05, 0) is 117 Å². The first kappa shape index (κ1) is 72.5. The Hall–Kier alpha value is -5.60. The maximum absolute atomic E-state index is 13.5. The zero-order valence-electron chi connectivity index (χ0n) is 45.7. The Kier molecular flexibility index (Phi) is 33.3. The number of ether oxygens (including phenoxy) is 11. The highest BCUT2D eigenvalue weighted by Gasteiger charge is 2.38. The molecular weight excluding hydrogens is 1070 g/mol. The molecule has 440 valence electrons. The monoisotopic (exact) mass is 1140 g/mol. The summed E-state index contributed by atoms with van der Waals surface area (Å²) >= 11 is 0. The van der Waals surface area contributed by atoms with Gasteiger partial charge < -0.3 is 62.3 Å². The topological polar surface area (TPSA) is 384 Å². The number of esters is 5. The van der Waals surface area contributed by atoms with Crippen molar-refractivity contribution < 1.29 is 137 Å². The molecule has 0 aliphatic rings. The van der Waals surface area contributed by atoms with Crippen LogP contribution >= 0.6 is 15.2 Å². The lowest BCUT2D eigenvalue weighted by Crippen LogP contribution is -2.28. The average molecular weight is 1140 g/mol. The van der Waals surface area contributed by atoms with Gasteiger partial charge in [0.2, 0.25) is 40.8 Å². The summed E-state index contributed by atoms with van der Waals surface area (Å²) in [6, 6.07) is 0. The van der Waals surface area contributed by atoms with E-state index in [2.05, 4.69) is 14.2 Å². The molecule has 0 rings (SSSR count). The third kappa shape index (κ3) is 36.4. The summed E-state index contributed by atoms with van der Waals surface area (Å²) in [5, 5.41) is 18.1. The molecular formula is C45H76O29P2. The molecule has 0 heterocycles. The molecule has 0 spiro atoms. The van der Waals surface area contributed by atoms with Crippen LogP contribution in [0.5, 0.6) is 0 Å². The molecule has 0 radical (unpaired) electrons. The first-order valence-electron chi connectivity index (χ1n) is 23.3. The van der Waals surface area contributed by atoms with E-state index in [4.69, 9.17) is 66.2 Å². The first-order chi connectivity index (χ1) is 34.7. The van der Waals surface area contributed by atoms with Crippen molar-refractivity contribution >= 4 is 75.4 Å². The SMILES string of the molecule is CC(C)(C)C(=O)OCOC(=O)C(CCC(=O)O)CP(=O)(OCOC(=O)C(C)(C)C)OCOC(=O)C(C)(C)C.CC(C)OC(=O)OCOC(=O)C(CCC(=O)O)CP(=O)(OCOC(=O)OC(C)C)OCOC(=O)OC(C)C. The number of hydrogen-bond acceptors (Lipinski definition) is 27.